The zero-order valence-electron chi connectivity index (χ0n) is 12.4. The molecule has 0 bridgehead atoms. The van der Waals surface area contributed by atoms with Crippen LogP contribution in [0.4, 0.5) is 5.82 Å². The van der Waals surface area contributed by atoms with Gasteiger partial charge in [-0.15, -0.1) is 10.2 Å². The van der Waals surface area contributed by atoms with Gasteiger partial charge >= 0.3 is 0 Å². The van der Waals surface area contributed by atoms with Gasteiger partial charge in [0.15, 0.2) is 11.5 Å². The normalized spacial score (nSPS) is 18.9. The van der Waals surface area contributed by atoms with Crippen molar-refractivity contribution < 1.29 is 4.79 Å². The summed E-state index contributed by atoms with van der Waals surface area (Å²) in [5.41, 5.74) is 0.398. The van der Waals surface area contributed by atoms with Gasteiger partial charge in [-0.05, 0) is 37.3 Å². The van der Waals surface area contributed by atoms with Crippen molar-refractivity contribution in [2.24, 2.45) is 5.92 Å². The van der Waals surface area contributed by atoms with E-state index in [1.165, 1.54) is 12.8 Å². The van der Waals surface area contributed by atoms with Gasteiger partial charge in [-0.2, -0.15) is 0 Å². The molecule has 1 atom stereocenters. The summed E-state index contributed by atoms with van der Waals surface area (Å²) in [6, 6.07) is 3.67. The van der Waals surface area contributed by atoms with Gasteiger partial charge < -0.3 is 10.2 Å². The molecule has 1 aliphatic rings. The van der Waals surface area contributed by atoms with Crippen LogP contribution in [0.5, 0.6) is 0 Å². The first kappa shape index (κ1) is 14.8. The van der Waals surface area contributed by atoms with Crippen molar-refractivity contribution in [2.75, 3.05) is 24.5 Å². The number of unbranched alkanes of at least 4 members (excludes halogenated alkanes) is 1. The van der Waals surface area contributed by atoms with Crippen molar-refractivity contribution in [1.82, 2.24) is 15.5 Å². The smallest absolute Gasteiger partial charge is 0.271 e. The third-order valence-electron chi connectivity index (χ3n) is 3.68. The van der Waals surface area contributed by atoms with E-state index in [1.807, 2.05) is 6.07 Å². The number of rotatable bonds is 5. The molecule has 0 aromatic carbocycles. The molecule has 0 spiro atoms. The molecule has 1 N–H and O–H groups in total. The predicted molar refractivity (Wildman–Crippen MR) is 79.9 cm³/mol. The Hall–Kier alpha value is -1.65. The molecule has 1 unspecified atom stereocenters. The quantitative estimate of drug-likeness (QED) is 0.838. The van der Waals surface area contributed by atoms with Crippen molar-refractivity contribution in [3.63, 3.8) is 0 Å². The van der Waals surface area contributed by atoms with E-state index >= 15 is 0 Å². The summed E-state index contributed by atoms with van der Waals surface area (Å²) in [4.78, 5) is 14.1. The van der Waals surface area contributed by atoms with E-state index in [0.717, 1.165) is 31.7 Å². The Labute approximate surface area is 120 Å². The summed E-state index contributed by atoms with van der Waals surface area (Å²) >= 11 is 0. The van der Waals surface area contributed by atoms with Gasteiger partial charge in [-0.25, -0.2) is 0 Å². The van der Waals surface area contributed by atoms with E-state index in [2.05, 4.69) is 34.3 Å². The molecule has 20 heavy (non-hydrogen) atoms. The van der Waals surface area contributed by atoms with E-state index in [1.54, 1.807) is 6.07 Å². The first-order valence-electron chi connectivity index (χ1n) is 7.57. The molecule has 1 aromatic heterocycles. The molecular formula is C15H24N4O. The number of nitrogens with one attached hydrogen (secondary N) is 1. The van der Waals surface area contributed by atoms with Crippen molar-refractivity contribution in [3.8, 4) is 0 Å². The predicted octanol–water partition coefficient (Wildman–Crippen LogP) is 2.24. The molecular weight excluding hydrogens is 252 g/mol. The number of carbonyl (C=O) groups is 1. The maximum atomic E-state index is 11.8. The molecule has 0 saturated carbocycles. The first-order chi connectivity index (χ1) is 9.70. The topological polar surface area (TPSA) is 58.1 Å². The highest BCUT2D eigenvalue weighted by Gasteiger charge is 2.18. The van der Waals surface area contributed by atoms with Crippen LogP contribution in [0.3, 0.4) is 0 Å². The molecule has 2 rings (SSSR count). The Balaban J connectivity index is 1.93. The zero-order chi connectivity index (χ0) is 14.4. The summed E-state index contributed by atoms with van der Waals surface area (Å²) in [5, 5.41) is 11.1. The fraction of sp³-hybridized carbons (Fsp3) is 0.667. The van der Waals surface area contributed by atoms with Crippen LogP contribution in [0.25, 0.3) is 0 Å². The minimum absolute atomic E-state index is 0.135. The molecule has 1 fully saturated rings. The molecule has 1 aromatic rings. The standard InChI is InChI=1S/C15H24N4O/c1-3-4-9-16-15(20)13-7-8-14(18-17-13)19-10-5-6-12(2)11-19/h7-8,12H,3-6,9-11H2,1-2H3,(H,16,20). The number of hydrogen-bond donors (Lipinski definition) is 1. The van der Waals surface area contributed by atoms with Crippen molar-refractivity contribution in [3.05, 3.63) is 17.8 Å². The molecule has 1 aliphatic heterocycles. The van der Waals surface area contributed by atoms with Crippen LogP contribution in [-0.4, -0.2) is 35.7 Å². The molecule has 0 radical (unpaired) electrons. The van der Waals surface area contributed by atoms with Gasteiger partial charge in [0.1, 0.15) is 0 Å². The number of hydrogen-bond acceptors (Lipinski definition) is 4. The highest BCUT2D eigenvalue weighted by molar-refractivity contribution is 5.92. The monoisotopic (exact) mass is 276 g/mol. The largest absolute Gasteiger partial charge is 0.355 e. The molecule has 2 heterocycles. The SMILES string of the molecule is CCCCNC(=O)c1ccc(N2CCCC(C)C2)nn1. The molecule has 1 saturated heterocycles. The maximum absolute atomic E-state index is 11.8. The average Bonchev–Trinajstić information content (AvgIpc) is 2.47. The Kier molecular flexibility index (Phi) is 5.32. The van der Waals surface area contributed by atoms with Crippen molar-refractivity contribution >= 4 is 11.7 Å². The van der Waals surface area contributed by atoms with Gasteiger partial charge in [0.2, 0.25) is 0 Å². The lowest BCUT2D eigenvalue weighted by atomic mass is 10.0. The highest BCUT2D eigenvalue weighted by atomic mass is 16.1. The number of nitrogens with zero attached hydrogens (tertiary/aromatic N) is 3. The minimum atomic E-state index is -0.135. The molecule has 1 amide bonds. The maximum Gasteiger partial charge on any atom is 0.271 e. The number of anilines is 1. The van der Waals surface area contributed by atoms with E-state index in [-0.39, 0.29) is 5.91 Å². The number of carbonyl (C=O) groups excluding carboxylic acids is 1. The van der Waals surface area contributed by atoms with Gasteiger partial charge in [0.05, 0.1) is 0 Å². The highest BCUT2D eigenvalue weighted by Crippen LogP contribution is 2.20. The molecule has 5 nitrogen and oxygen atoms in total. The van der Waals surface area contributed by atoms with Gasteiger partial charge in [-0.1, -0.05) is 20.3 Å². The first-order valence-corrected chi connectivity index (χ1v) is 7.57. The second-order valence-electron chi connectivity index (χ2n) is 5.58. The third-order valence-corrected chi connectivity index (χ3v) is 3.68. The summed E-state index contributed by atoms with van der Waals surface area (Å²) < 4.78 is 0. The molecule has 110 valence electrons. The summed E-state index contributed by atoms with van der Waals surface area (Å²) in [5.74, 6) is 1.44. The van der Waals surface area contributed by atoms with Crippen LogP contribution in [0.1, 0.15) is 50.0 Å². The van der Waals surface area contributed by atoms with E-state index in [9.17, 15) is 4.79 Å². The van der Waals surface area contributed by atoms with E-state index in [4.69, 9.17) is 0 Å². The molecule has 0 aliphatic carbocycles. The van der Waals surface area contributed by atoms with Crippen LogP contribution < -0.4 is 10.2 Å². The Morgan fingerprint density at radius 2 is 2.30 bits per heavy atom. The zero-order valence-corrected chi connectivity index (χ0v) is 12.4. The minimum Gasteiger partial charge on any atom is -0.355 e. The number of aromatic nitrogens is 2. The number of amides is 1. The molecule has 5 heteroatoms. The van der Waals surface area contributed by atoms with Crippen molar-refractivity contribution in [2.45, 2.75) is 39.5 Å². The summed E-state index contributed by atoms with van der Waals surface area (Å²) in [7, 11) is 0. The van der Waals surface area contributed by atoms with Gasteiger partial charge in [-0.3, -0.25) is 4.79 Å². The second-order valence-corrected chi connectivity index (χ2v) is 5.58. The van der Waals surface area contributed by atoms with Gasteiger partial charge in [0, 0.05) is 19.6 Å². The lowest BCUT2D eigenvalue weighted by molar-refractivity contribution is 0.0947. The Morgan fingerprint density at radius 3 is 2.95 bits per heavy atom. The third kappa shape index (κ3) is 3.92. The fourth-order valence-corrected chi connectivity index (χ4v) is 2.48. The summed E-state index contributed by atoms with van der Waals surface area (Å²) in [6.07, 6.45) is 4.53. The Bertz CT molecular complexity index is 432. The Morgan fingerprint density at radius 1 is 1.45 bits per heavy atom. The van der Waals surface area contributed by atoms with Crippen LogP contribution >= 0.6 is 0 Å². The lowest BCUT2D eigenvalue weighted by Gasteiger charge is -2.31. The van der Waals surface area contributed by atoms with Crippen LogP contribution in [0.2, 0.25) is 0 Å². The lowest BCUT2D eigenvalue weighted by Crippen LogP contribution is -2.35. The van der Waals surface area contributed by atoms with Crippen LogP contribution in [-0.2, 0) is 0 Å². The van der Waals surface area contributed by atoms with Crippen LogP contribution in [0, 0.1) is 5.92 Å². The summed E-state index contributed by atoms with van der Waals surface area (Å²) in [6.45, 7) is 7.11. The van der Waals surface area contributed by atoms with Crippen LogP contribution in [0.15, 0.2) is 12.1 Å². The van der Waals surface area contributed by atoms with Crippen molar-refractivity contribution in [1.29, 1.82) is 0 Å². The van der Waals surface area contributed by atoms with E-state index in [0.29, 0.717) is 18.2 Å². The number of piperidine rings is 1. The van der Waals surface area contributed by atoms with Gasteiger partial charge in [0.25, 0.3) is 5.91 Å². The average molecular weight is 276 g/mol. The fourth-order valence-electron chi connectivity index (χ4n) is 2.48. The second kappa shape index (κ2) is 7.22. The van der Waals surface area contributed by atoms with E-state index < -0.39 is 0 Å².